The summed E-state index contributed by atoms with van der Waals surface area (Å²) in [5, 5.41) is 10.3. The van der Waals surface area contributed by atoms with Crippen LogP contribution in [0.3, 0.4) is 0 Å². The van der Waals surface area contributed by atoms with Crippen LogP contribution >= 0.6 is 0 Å². The first-order valence-electron chi connectivity index (χ1n) is 8.02. The van der Waals surface area contributed by atoms with E-state index in [0.29, 0.717) is 25.7 Å². The molecule has 0 N–H and O–H groups in total. The maximum absolute atomic E-state index is 13.1. The van der Waals surface area contributed by atoms with Crippen molar-refractivity contribution in [2.75, 3.05) is 6.61 Å². The summed E-state index contributed by atoms with van der Waals surface area (Å²) in [6.45, 7) is -0.226. The van der Waals surface area contributed by atoms with Crippen molar-refractivity contribution in [1.29, 1.82) is 0 Å². The molecule has 6 nitrogen and oxygen atoms in total. The Labute approximate surface area is 137 Å². The van der Waals surface area contributed by atoms with Gasteiger partial charge < -0.3 is 19.4 Å². The van der Waals surface area contributed by atoms with E-state index in [2.05, 4.69) is 4.74 Å². The topological polar surface area (TPSA) is 92.7 Å². The molecule has 0 aromatic rings. The highest BCUT2D eigenvalue weighted by molar-refractivity contribution is 5.79. The van der Waals surface area contributed by atoms with Crippen LogP contribution in [0.25, 0.3) is 0 Å². The highest BCUT2D eigenvalue weighted by Gasteiger charge is 2.63. The molecule has 4 aliphatic rings. The summed E-state index contributed by atoms with van der Waals surface area (Å²) in [4.78, 5) is 34.3. The number of rotatable bonds is 5. The molecule has 0 aromatic carbocycles. The van der Waals surface area contributed by atoms with Crippen LogP contribution < -0.4 is 5.11 Å². The lowest BCUT2D eigenvalue weighted by Gasteiger charge is -2.59. The van der Waals surface area contributed by atoms with Gasteiger partial charge in [-0.15, -0.1) is 0 Å². The number of carbonyl (C=O) groups excluding carboxylic acids is 3. The third-order valence-electron chi connectivity index (χ3n) is 5.48. The third-order valence-corrected chi connectivity index (χ3v) is 5.48. The van der Waals surface area contributed by atoms with Gasteiger partial charge in [-0.25, -0.2) is 0 Å². The standard InChI is InChI=1S/C16H20F2O6/c1-9(19)24-15-5-10-2-11(6-15)4-14(3-10,7-15)13(22)23-8-16(17,18)12(20)21/h10-11H,2-8H2,1H3,(H,20,21)/p-1. The molecular weight excluding hydrogens is 326 g/mol. The Kier molecular flexibility index (Phi) is 3.84. The van der Waals surface area contributed by atoms with E-state index in [9.17, 15) is 28.3 Å². The predicted molar refractivity (Wildman–Crippen MR) is 72.5 cm³/mol. The number of hydrogen-bond donors (Lipinski definition) is 0. The van der Waals surface area contributed by atoms with E-state index in [1.165, 1.54) is 6.92 Å². The predicted octanol–water partition coefficient (Wildman–Crippen LogP) is 0.817. The van der Waals surface area contributed by atoms with Crippen molar-refractivity contribution in [2.24, 2.45) is 17.3 Å². The van der Waals surface area contributed by atoms with Crippen LogP contribution in [0.15, 0.2) is 0 Å². The number of ether oxygens (including phenoxy) is 2. The Morgan fingerprint density at radius 2 is 1.75 bits per heavy atom. The molecule has 134 valence electrons. The lowest BCUT2D eigenvalue weighted by Crippen LogP contribution is -2.60. The van der Waals surface area contributed by atoms with Gasteiger partial charge >= 0.3 is 17.9 Å². The molecule has 2 unspecified atom stereocenters. The second-order valence-electron chi connectivity index (χ2n) is 7.59. The fourth-order valence-electron chi connectivity index (χ4n) is 5.21. The van der Waals surface area contributed by atoms with Gasteiger partial charge in [-0.05, 0) is 43.9 Å². The quantitative estimate of drug-likeness (QED) is 0.685. The van der Waals surface area contributed by atoms with E-state index in [1.54, 1.807) is 0 Å². The number of carbonyl (C=O) groups is 3. The molecular formula is C16H19F2O6-. The zero-order chi connectivity index (χ0) is 17.8. The number of carboxylic acid groups (broad SMARTS) is 1. The van der Waals surface area contributed by atoms with Gasteiger partial charge in [-0.3, -0.25) is 9.59 Å². The molecule has 4 fully saturated rings. The molecule has 0 radical (unpaired) electrons. The van der Waals surface area contributed by atoms with E-state index < -0.39 is 41.5 Å². The number of alkyl halides is 2. The minimum absolute atomic E-state index is 0.180. The fourth-order valence-corrected chi connectivity index (χ4v) is 5.21. The number of esters is 2. The van der Waals surface area contributed by atoms with Crippen LogP contribution in [0.4, 0.5) is 8.78 Å². The van der Waals surface area contributed by atoms with Crippen molar-refractivity contribution in [3.63, 3.8) is 0 Å². The van der Waals surface area contributed by atoms with Crippen molar-refractivity contribution in [3.8, 4) is 0 Å². The first-order chi connectivity index (χ1) is 11.1. The van der Waals surface area contributed by atoms with Gasteiger partial charge in [0.2, 0.25) is 0 Å². The van der Waals surface area contributed by atoms with Gasteiger partial charge in [-0.1, -0.05) is 0 Å². The monoisotopic (exact) mass is 345 g/mol. The number of carboxylic acids is 1. The molecule has 0 spiro atoms. The Bertz CT molecular complexity index is 573. The molecule has 4 rings (SSSR count). The highest BCUT2D eigenvalue weighted by atomic mass is 19.3. The Balaban J connectivity index is 1.76. The molecule has 0 amide bonds. The summed E-state index contributed by atoms with van der Waals surface area (Å²) in [6, 6.07) is 0. The third kappa shape index (κ3) is 2.86. The van der Waals surface area contributed by atoms with Crippen LogP contribution in [0, 0.1) is 17.3 Å². The van der Waals surface area contributed by atoms with Crippen molar-refractivity contribution in [1.82, 2.24) is 0 Å². The van der Waals surface area contributed by atoms with Crippen LogP contribution in [0.5, 0.6) is 0 Å². The SMILES string of the molecule is CC(=O)OC12CC3CC(C1)CC(C(=O)OCC(F)(F)C(=O)[O-])(C3)C2. The van der Waals surface area contributed by atoms with Gasteiger partial charge in [0, 0.05) is 13.3 Å². The zero-order valence-corrected chi connectivity index (χ0v) is 13.3. The summed E-state index contributed by atoms with van der Waals surface area (Å²) in [7, 11) is 0. The smallest absolute Gasteiger partial charge is 0.320 e. The van der Waals surface area contributed by atoms with Crippen molar-refractivity contribution in [2.45, 2.75) is 57.0 Å². The van der Waals surface area contributed by atoms with Crippen LogP contribution in [0.1, 0.15) is 45.4 Å². The molecule has 0 aromatic heterocycles. The van der Waals surface area contributed by atoms with Crippen molar-refractivity contribution in [3.05, 3.63) is 0 Å². The maximum atomic E-state index is 13.1. The number of aliphatic carboxylic acids is 1. The van der Waals surface area contributed by atoms with Gasteiger partial charge in [-0.2, -0.15) is 8.78 Å². The highest BCUT2D eigenvalue weighted by Crippen LogP contribution is 2.63. The minimum Gasteiger partial charge on any atom is -0.544 e. The Morgan fingerprint density at radius 3 is 2.25 bits per heavy atom. The number of halogens is 2. The van der Waals surface area contributed by atoms with Crippen LogP contribution in [-0.2, 0) is 23.9 Å². The molecule has 0 saturated heterocycles. The summed E-state index contributed by atoms with van der Waals surface area (Å²) < 4.78 is 36.4. The molecule has 0 aliphatic heterocycles. The van der Waals surface area contributed by atoms with E-state index in [0.717, 1.165) is 6.42 Å². The van der Waals surface area contributed by atoms with E-state index >= 15 is 0 Å². The van der Waals surface area contributed by atoms with Gasteiger partial charge in [0.15, 0.2) is 6.61 Å². The summed E-state index contributed by atoms with van der Waals surface area (Å²) in [5.41, 5.74) is -1.70. The van der Waals surface area contributed by atoms with E-state index in [-0.39, 0.29) is 18.3 Å². The first-order valence-corrected chi connectivity index (χ1v) is 8.02. The van der Waals surface area contributed by atoms with E-state index in [4.69, 9.17) is 4.74 Å². The maximum Gasteiger partial charge on any atom is 0.320 e. The summed E-state index contributed by atoms with van der Waals surface area (Å²) >= 11 is 0. The first kappa shape index (κ1) is 17.1. The molecule has 4 aliphatic carbocycles. The molecule has 4 saturated carbocycles. The van der Waals surface area contributed by atoms with Crippen LogP contribution in [0.2, 0.25) is 0 Å². The largest absolute Gasteiger partial charge is 0.544 e. The normalized spacial score (nSPS) is 37.1. The zero-order valence-electron chi connectivity index (χ0n) is 13.3. The van der Waals surface area contributed by atoms with Crippen molar-refractivity contribution < 1.29 is 37.7 Å². The Hall–Kier alpha value is -1.73. The Morgan fingerprint density at radius 1 is 1.17 bits per heavy atom. The molecule has 8 heteroatoms. The molecule has 0 heterocycles. The molecule has 2 atom stereocenters. The molecule has 24 heavy (non-hydrogen) atoms. The number of hydrogen-bond acceptors (Lipinski definition) is 6. The van der Waals surface area contributed by atoms with Crippen molar-refractivity contribution >= 4 is 17.9 Å². The van der Waals surface area contributed by atoms with Gasteiger partial charge in [0.1, 0.15) is 11.6 Å². The van der Waals surface area contributed by atoms with Gasteiger partial charge in [0.25, 0.3) is 0 Å². The second-order valence-corrected chi connectivity index (χ2v) is 7.59. The summed E-state index contributed by atoms with van der Waals surface area (Å²) in [6.07, 6.45) is 3.53. The average Bonchev–Trinajstić information content (AvgIpc) is 2.41. The fraction of sp³-hybridized carbons (Fsp3) is 0.812. The van der Waals surface area contributed by atoms with E-state index in [1.807, 2.05) is 0 Å². The van der Waals surface area contributed by atoms with Crippen LogP contribution in [-0.4, -0.2) is 36.0 Å². The molecule has 4 bridgehead atoms. The summed E-state index contributed by atoms with van der Waals surface area (Å²) in [5.74, 6) is -7.68. The lowest BCUT2D eigenvalue weighted by molar-refractivity contribution is -0.331. The minimum atomic E-state index is -4.22. The average molecular weight is 345 g/mol. The van der Waals surface area contributed by atoms with Gasteiger partial charge in [0.05, 0.1) is 5.41 Å². The lowest BCUT2D eigenvalue weighted by atomic mass is 9.48. The second kappa shape index (κ2) is 5.39.